The molecule has 2 heterocycles. The monoisotopic (exact) mass is 344 g/mol. The number of carbonyl (C=O) groups is 1. The van der Waals surface area contributed by atoms with E-state index in [2.05, 4.69) is 32.7 Å². The SMILES string of the molecule is COC(=O)Cn1ncc(N2CC(C)C(N)C2)c(Br)c1=O. The first kappa shape index (κ1) is 15.0. The summed E-state index contributed by atoms with van der Waals surface area (Å²) in [4.78, 5) is 25.4. The first-order chi connectivity index (χ1) is 9.43. The molecule has 1 aromatic heterocycles. The van der Waals surface area contributed by atoms with Crippen LogP contribution in [0, 0.1) is 5.92 Å². The Morgan fingerprint density at radius 2 is 2.30 bits per heavy atom. The lowest BCUT2D eigenvalue weighted by Crippen LogP contribution is -2.32. The van der Waals surface area contributed by atoms with Gasteiger partial charge in [0.2, 0.25) is 0 Å². The first-order valence-electron chi connectivity index (χ1n) is 6.27. The van der Waals surface area contributed by atoms with E-state index in [0.29, 0.717) is 22.6 Å². The van der Waals surface area contributed by atoms with Crippen LogP contribution in [0.1, 0.15) is 6.92 Å². The standard InChI is InChI=1S/C12H17BrN4O3/c1-7-4-16(5-8(7)14)9-3-15-17(6-10(18)20-2)12(19)11(9)13/h3,7-8H,4-6,14H2,1-2H3. The number of nitrogens with zero attached hydrogens (tertiary/aromatic N) is 3. The molecule has 1 aromatic rings. The Morgan fingerprint density at radius 1 is 1.60 bits per heavy atom. The molecular weight excluding hydrogens is 328 g/mol. The lowest BCUT2D eigenvalue weighted by molar-refractivity contribution is -0.141. The molecule has 0 spiro atoms. The molecule has 2 atom stereocenters. The average molecular weight is 345 g/mol. The number of rotatable bonds is 3. The topological polar surface area (TPSA) is 90.5 Å². The van der Waals surface area contributed by atoms with Crippen molar-refractivity contribution in [3.05, 3.63) is 21.0 Å². The zero-order valence-corrected chi connectivity index (χ0v) is 13.0. The average Bonchev–Trinajstić information content (AvgIpc) is 2.75. The third-order valence-corrected chi connectivity index (χ3v) is 4.23. The van der Waals surface area contributed by atoms with E-state index in [9.17, 15) is 9.59 Å². The summed E-state index contributed by atoms with van der Waals surface area (Å²) in [5.41, 5.74) is 6.33. The Hall–Kier alpha value is -1.41. The smallest absolute Gasteiger partial charge is 0.327 e. The van der Waals surface area contributed by atoms with E-state index >= 15 is 0 Å². The number of anilines is 1. The second-order valence-corrected chi connectivity index (χ2v) is 5.72. The second-order valence-electron chi connectivity index (χ2n) is 4.93. The van der Waals surface area contributed by atoms with Crippen LogP contribution in [-0.4, -0.2) is 42.0 Å². The summed E-state index contributed by atoms with van der Waals surface area (Å²) in [5, 5.41) is 4.01. The summed E-state index contributed by atoms with van der Waals surface area (Å²) < 4.78 is 5.98. The van der Waals surface area contributed by atoms with Crippen LogP contribution in [-0.2, 0) is 16.1 Å². The largest absolute Gasteiger partial charge is 0.468 e. The lowest BCUT2D eigenvalue weighted by Gasteiger charge is -2.19. The normalized spacial score (nSPS) is 22.1. The van der Waals surface area contributed by atoms with Gasteiger partial charge in [0.1, 0.15) is 11.0 Å². The molecule has 20 heavy (non-hydrogen) atoms. The van der Waals surface area contributed by atoms with E-state index in [0.717, 1.165) is 11.2 Å². The molecule has 7 nitrogen and oxygen atoms in total. The minimum atomic E-state index is -0.518. The Kier molecular flexibility index (Phi) is 4.44. The molecule has 1 aliphatic heterocycles. The molecule has 1 aliphatic rings. The van der Waals surface area contributed by atoms with E-state index < -0.39 is 5.97 Å². The highest BCUT2D eigenvalue weighted by atomic mass is 79.9. The summed E-state index contributed by atoms with van der Waals surface area (Å²) in [6, 6.07) is 0.0828. The van der Waals surface area contributed by atoms with E-state index in [1.807, 2.05) is 4.90 Å². The molecule has 0 aromatic carbocycles. The second kappa shape index (κ2) is 5.92. The molecule has 110 valence electrons. The fourth-order valence-corrected chi connectivity index (χ4v) is 2.72. The van der Waals surface area contributed by atoms with Gasteiger partial charge in [0.25, 0.3) is 5.56 Å². The highest BCUT2D eigenvalue weighted by molar-refractivity contribution is 9.10. The minimum absolute atomic E-state index is 0.0828. The zero-order chi connectivity index (χ0) is 14.9. The molecule has 1 saturated heterocycles. The number of nitrogens with two attached hydrogens (primary N) is 1. The van der Waals surface area contributed by atoms with Crippen molar-refractivity contribution in [2.24, 2.45) is 11.7 Å². The van der Waals surface area contributed by atoms with Crippen molar-refractivity contribution in [3.63, 3.8) is 0 Å². The molecule has 2 N–H and O–H groups in total. The van der Waals surface area contributed by atoms with Gasteiger partial charge in [0, 0.05) is 19.1 Å². The van der Waals surface area contributed by atoms with Gasteiger partial charge in [-0.15, -0.1) is 0 Å². The van der Waals surface area contributed by atoms with Crippen molar-refractivity contribution in [1.29, 1.82) is 0 Å². The lowest BCUT2D eigenvalue weighted by atomic mass is 10.1. The van der Waals surface area contributed by atoms with E-state index in [-0.39, 0.29) is 18.1 Å². The molecule has 0 amide bonds. The van der Waals surface area contributed by atoms with Gasteiger partial charge in [-0.2, -0.15) is 5.10 Å². The van der Waals surface area contributed by atoms with Gasteiger partial charge in [-0.05, 0) is 21.8 Å². The molecule has 0 bridgehead atoms. The van der Waals surface area contributed by atoms with Crippen molar-refractivity contribution < 1.29 is 9.53 Å². The van der Waals surface area contributed by atoms with Crippen molar-refractivity contribution in [1.82, 2.24) is 9.78 Å². The van der Waals surface area contributed by atoms with E-state index in [4.69, 9.17) is 5.73 Å². The van der Waals surface area contributed by atoms with Crippen molar-refractivity contribution in [2.75, 3.05) is 25.1 Å². The summed E-state index contributed by atoms with van der Waals surface area (Å²) in [5.74, 6) is -0.157. The third-order valence-electron chi connectivity index (χ3n) is 3.48. The van der Waals surface area contributed by atoms with Gasteiger partial charge in [-0.3, -0.25) is 9.59 Å². The van der Waals surface area contributed by atoms with Gasteiger partial charge in [-0.1, -0.05) is 6.92 Å². The van der Waals surface area contributed by atoms with Gasteiger partial charge < -0.3 is 15.4 Å². The van der Waals surface area contributed by atoms with Crippen LogP contribution < -0.4 is 16.2 Å². The highest BCUT2D eigenvalue weighted by Crippen LogP contribution is 2.27. The summed E-state index contributed by atoms with van der Waals surface area (Å²) >= 11 is 3.28. The predicted molar refractivity (Wildman–Crippen MR) is 77.6 cm³/mol. The number of hydrogen-bond acceptors (Lipinski definition) is 6. The molecule has 0 radical (unpaired) electrons. The highest BCUT2D eigenvalue weighted by Gasteiger charge is 2.28. The fourth-order valence-electron chi connectivity index (χ4n) is 2.16. The van der Waals surface area contributed by atoms with Crippen LogP contribution in [0.5, 0.6) is 0 Å². The van der Waals surface area contributed by atoms with E-state index in [1.54, 1.807) is 6.20 Å². The number of methoxy groups -OCH3 is 1. The third kappa shape index (κ3) is 2.85. The van der Waals surface area contributed by atoms with Gasteiger partial charge >= 0.3 is 5.97 Å². The van der Waals surface area contributed by atoms with Crippen LogP contribution in [0.4, 0.5) is 5.69 Å². The quantitative estimate of drug-likeness (QED) is 0.774. The molecule has 1 fully saturated rings. The number of hydrogen-bond donors (Lipinski definition) is 1. The van der Waals surface area contributed by atoms with Crippen LogP contribution in [0.2, 0.25) is 0 Å². The van der Waals surface area contributed by atoms with Crippen molar-refractivity contribution in [3.8, 4) is 0 Å². The molecular formula is C12H17BrN4O3. The molecule has 0 aliphatic carbocycles. The Labute approximate surface area is 124 Å². The fraction of sp³-hybridized carbons (Fsp3) is 0.583. The van der Waals surface area contributed by atoms with Gasteiger partial charge in [-0.25, -0.2) is 4.68 Å². The van der Waals surface area contributed by atoms with Crippen LogP contribution in [0.3, 0.4) is 0 Å². The maximum atomic E-state index is 12.1. The molecule has 8 heteroatoms. The van der Waals surface area contributed by atoms with Gasteiger partial charge in [0.15, 0.2) is 0 Å². The summed E-state index contributed by atoms with van der Waals surface area (Å²) in [7, 11) is 1.27. The van der Waals surface area contributed by atoms with Gasteiger partial charge in [0.05, 0.1) is 19.0 Å². The van der Waals surface area contributed by atoms with Crippen molar-refractivity contribution in [2.45, 2.75) is 19.5 Å². The molecule has 0 saturated carbocycles. The number of halogens is 1. The van der Waals surface area contributed by atoms with Crippen LogP contribution in [0.15, 0.2) is 15.5 Å². The van der Waals surface area contributed by atoms with Crippen LogP contribution >= 0.6 is 15.9 Å². The van der Waals surface area contributed by atoms with Crippen LogP contribution in [0.25, 0.3) is 0 Å². The van der Waals surface area contributed by atoms with E-state index in [1.165, 1.54) is 7.11 Å². The van der Waals surface area contributed by atoms with Crippen molar-refractivity contribution >= 4 is 27.6 Å². The zero-order valence-electron chi connectivity index (χ0n) is 11.4. The maximum absolute atomic E-state index is 12.1. The number of aromatic nitrogens is 2. The minimum Gasteiger partial charge on any atom is -0.468 e. The number of esters is 1. The molecule has 2 unspecified atom stereocenters. The maximum Gasteiger partial charge on any atom is 0.327 e. The predicted octanol–water partition coefficient (Wildman–Crippen LogP) is -0.0378. The molecule has 2 rings (SSSR count). The summed E-state index contributed by atoms with van der Waals surface area (Å²) in [6.45, 7) is 3.33. The number of carbonyl (C=O) groups excluding carboxylic acids is 1. The Bertz CT molecular complexity index is 564. The first-order valence-corrected chi connectivity index (χ1v) is 7.06. The Balaban J connectivity index is 2.28. The summed E-state index contributed by atoms with van der Waals surface area (Å²) in [6.07, 6.45) is 1.57. The Morgan fingerprint density at radius 3 is 2.85 bits per heavy atom. The number of ether oxygens (including phenoxy) is 1.